The van der Waals surface area contributed by atoms with Crippen molar-refractivity contribution in [3.8, 4) is 0 Å². The summed E-state index contributed by atoms with van der Waals surface area (Å²) in [5, 5.41) is 8.83. The van der Waals surface area contributed by atoms with Crippen LogP contribution in [0.2, 0.25) is 0 Å². The third-order valence-corrected chi connectivity index (χ3v) is 3.79. The van der Waals surface area contributed by atoms with Crippen LogP contribution in [-0.2, 0) is 4.79 Å². The number of anilines is 1. The molecule has 1 aliphatic rings. The fraction of sp³-hybridized carbons (Fsp3) is 0.471. The van der Waals surface area contributed by atoms with Crippen molar-refractivity contribution < 1.29 is 9.90 Å². The van der Waals surface area contributed by atoms with Crippen molar-refractivity contribution in [1.29, 1.82) is 0 Å². The number of rotatable bonds is 3. The predicted octanol–water partition coefficient (Wildman–Crippen LogP) is 3.86. The first-order valence-corrected chi connectivity index (χ1v) is 7.43. The van der Waals surface area contributed by atoms with Gasteiger partial charge >= 0.3 is 5.97 Å². The minimum absolute atomic E-state index is 0.898. The summed E-state index contributed by atoms with van der Waals surface area (Å²) in [6.07, 6.45) is 9.30. The summed E-state index contributed by atoms with van der Waals surface area (Å²) >= 11 is 0. The fourth-order valence-corrected chi connectivity index (χ4v) is 2.74. The molecule has 1 fully saturated rings. The Morgan fingerprint density at radius 1 is 1.15 bits per heavy atom. The lowest BCUT2D eigenvalue weighted by atomic mass is 10.0. The van der Waals surface area contributed by atoms with Crippen LogP contribution in [0.4, 0.5) is 5.69 Å². The Balaban J connectivity index is 2.26. The Kier molecular flexibility index (Phi) is 5.22. The van der Waals surface area contributed by atoms with Gasteiger partial charge in [-0.15, -0.1) is 0 Å². The van der Waals surface area contributed by atoms with E-state index in [4.69, 9.17) is 5.11 Å². The van der Waals surface area contributed by atoms with Crippen LogP contribution in [0, 0.1) is 6.92 Å². The van der Waals surface area contributed by atoms with Gasteiger partial charge < -0.3 is 10.0 Å². The first-order valence-electron chi connectivity index (χ1n) is 7.43. The zero-order valence-corrected chi connectivity index (χ0v) is 12.1. The van der Waals surface area contributed by atoms with E-state index < -0.39 is 5.97 Å². The minimum Gasteiger partial charge on any atom is -0.478 e. The van der Waals surface area contributed by atoms with Crippen LogP contribution in [0.3, 0.4) is 0 Å². The summed E-state index contributed by atoms with van der Waals surface area (Å²) in [5.74, 6) is -0.898. The van der Waals surface area contributed by atoms with Crippen molar-refractivity contribution in [1.82, 2.24) is 0 Å². The molecule has 3 nitrogen and oxygen atoms in total. The minimum atomic E-state index is -0.898. The Hall–Kier alpha value is -1.77. The van der Waals surface area contributed by atoms with E-state index in [1.165, 1.54) is 38.2 Å². The van der Waals surface area contributed by atoms with E-state index >= 15 is 0 Å². The maximum absolute atomic E-state index is 10.7. The first-order chi connectivity index (χ1) is 9.66. The van der Waals surface area contributed by atoms with E-state index in [0.717, 1.165) is 29.9 Å². The first kappa shape index (κ1) is 14.6. The molecular weight excluding hydrogens is 250 g/mol. The monoisotopic (exact) mass is 273 g/mol. The summed E-state index contributed by atoms with van der Waals surface area (Å²) in [5.41, 5.74) is 3.33. The zero-order chi connectivity index (χ0) is 14.4. The number of aliphatic carboxylic acids is 1. The normalized spacial score (nSPS) is 16.9. The lowest BCUT2D eigenvalue weighted by molar-refractivity contribution is -0.131. The number of carbonyl (C=O) groups is 1. The lowest BCUT2D eigenvalue weighted by Crippen LogP contribution is -2.27. The highest BCUT2D eigenvalue weighted by atomic mass is 16.4. The molecule has 0 unspecified atom stereocenters. The highest BCUT2D eigenvalue weighted by molar-refractivity contribution is 5.87. The van der Waals surface area contributed by atoms with Crippen LogP contribution >= 0.6 is 0 Å². The molecule has 1 heterocycles. The van der Waals surface area contributed by atoms with Crippen LogP contribution < -0.4 is 4.90 Å². The van der Waals surface area contributed by atoms with E-state index in [-0.39, 0.29) is 0 Å². The molecule has 1 N–H and O–H groups in total. The molecule has 0 aromatic heterocycles. The number of benzene rings is 1. The number of aryl methyl sites for hydroxylation is 1. The topological polar surface area (TPSA) is 40.5 Å². The highest BCUT2D eigenvalue weighted by Crippen LogP contribution is 2.25. The predicted molar refractivity (Wildman–Crippen MR) is 83.1 cm³/mol. The molecule has 0 saturated carbocycles. The van der Waals surface area contributed by atoms with Gasteiger partial charge in [-0.2, -0.15) is 0 Å². The van der Waals surface area contributed by atoms with Gasteiger partial charge in [-0.25, -0.2) is 4.79 Å². The number of carboxylic acids is 1. The SMILES string of the molecule is Cc1ccc(N2CCCCCCC2)c(/C=C/C(=O)O)c1. The largest absolute Gasteiger partial charge is 0.478 e. The van der Waals surface area contributed by atoms with E-state index in [1.54, 1.807) is 6.08 Å². The molecule has 2 rings (SSSR count). The maximum atomic E-state index is 10.7. The van der Waals surface area contributed by atoms with Crippen molar-refractivity contribution in [2.45, 2.75) is 39.0 Å². The number of hydrogen-bond acceptors (Lipinski definition) is 2. The van der Waals surface area contributed by atoms with Gasteiger partial charge in [-0.3, -0.25) is 0 Å². The third kappa shape index (κ3) is 4.12. The van der Waals surface area contributed by atoms with Gasteiger partial charge in [-0.1, -0.05) is 30.9 Å². The average Bonchev–Trinajstić information content (AvgIpc) is 2.37. The second kappa shape index (κ2) is 7.13. The molecule has 1 aromatic rings. The summed E-state index contributed by atoms with van der Waals surface area (Å²) in [6.45, 7) is 4.17. The molecule has 0 aliphatic carbocycles. The summed E-state index contributed by atoms with van der Waals surface area (Å²) in [7, 11) is 0. The summed E-state index contributed by atoms with van der Waals surface area (Å²) < 4.78 is 0. The number of hydrogen-bond donors (Lipinski definition) is 1. The third-order valence-electron chi connectivity index (χ3n) is 3.79. The van der Waals surface area contributed by atoms with Crippen molar-refractivity contribution in [2.75, 3.05) is 18.0 Å². The maximum Gasteiger partial charge on any atom is 0.328 e. The molecule has 0 amide bonds. The molecule has 0 spiro atoms. The molecular formula is C17H23NO2. The van der Waals surface area contributed by atoms with Crippen molar-refractivity contribution in [3.05, 3.63) is 35.4 Å². The van der Waals surface area contributed by atoms with Crippen LogP contribution in [0.25, 0.3) is 6.08 Å². The summed E-state index contributed by atoms with van der Waals surface area (Å²) in [4.78, 5) is 13.1. The van der Waals surface area contributed by atoms with Crippen LogP contribution in [0.15, 0.2) is 24.3 Å². The van der Waals surface area contributed by atoms with E-state index in [9.17, 15) is 4.79 Å². The van der Waals surface area contributed by atoms with Crippen molar-refractivity contribution in [3.63, 3.8) is 0 Å². The molecule has 3 heteroatoms. The van der Waals surface area contributed by atoms with Crippen LogP contribution in [0.1, 0.15) is 43.2 Å². The molecule has 0 atom stereocenters. The van der Waals surface area contributed by atoms with Crippen molar-refractivity contribution >= 4 is 17.7 Å². The quantitative estimate of drug-likeness (QED) is 0.850. The van der Waals surface area contributed by atoms with E-state index in [2.05, 4.69) is 23.1 Å². The molecule has 108 valence electrons. The smallest absolute Gasteiger partial charge is 0.328 e. The second-order valence-electron chi connectivity index (χ2n) is 5.49. The average molecular weight is 273 g/mol. The van der Waals surface area contributed by atoms with Gasteiger partial charge in [0.25, 0.3) is 0 Å². The number of nitrogens with zero attached hydrogens (tertiary/aromatic N) is 1. The number of carboxylic acid groups (broad SMARTS) is 1. The molecule has 0 radical (unpaired) electrons. The van der Waals surface area contributed by atoms with E-state index in [0.29, 0.717) is 0 Å². The van der Waals surface area contributed by atoms with Crippen LogP contribution in [-0.4, -0.2) is 24.2 Å². The van der Waals surface area contributed by atoms with Gasteiger partial charge in [0.15, 0.2) is 0 Å². The van der Waals surface area contributed by atoms with E-state index in [1.807, 2.05) is 6.92 Å². The van der Waals surface area contributed by atoms with Crippen LogP contribution in [0.5, 0.6) is 0 Å². The molecule has 1 saturated heterocycles. The van der Waals surface area contributed by atoms with Gasteiger partial charge in [0.2, 0.25) is 0 Å². The van der Waals surface area contributed by atoms with Gasteiger partial charge in [-0.05, 0) is 43.5 Å². The highest BCUT2D eigenvalue weighted by Gasteiger charge is 2.12. The molecule has 1 aliphatic heterocycles. The Labute approximate surface area is 120 Å². The van der Waals surface area contributed by atoms with Gasteiger partial charge in [0.1, 0.15) is 0 Å². The Bertz CT molecular complexity index is 486. The lowest BCUT2D eigenvalue weighted by Gasteiger charge is -2.28. The molecule has 20 heavy (non-hydrogen) atoms. The van der Waals surface area contributed by atoms with Gasteiger partial charge in [0, 0.05) is 24.9 Å². The Morgan fingerprint density at radius 2 is 1.80 bits per heavy atom. The molecule has 1 aromatic carbocycles. The fourth-order valence-electron chi connectivity index (χ4n) is 2.74. The Morgan fingerprint density at radius 3 is 2.45 bits per heavy atom. The summed E-state index contributed by atoms with van der Waals surface area (Å²) in [6, 6.07) is 6.29. The second-order valence-corrected chi connectivity index (χ2v) is 5.49. The standard InChI is InChI=1S/C17H23NO2/c1-14-7-9-16(15(13-14)8-10-17(19)20)18-11-5-3-2-4-6-12-18/h7-10,13H,2-6,11-12H2,1H3,(H,19,20)/b10-8+. The zero-order valence-electron chi connectivity index (χ0n) is 12.1. The van der Waals surface area contributed by atoms with Crippen molar-refractivity contribution in [2.24, 2.45) is 0 Å². The van der Waals surface area contributed by atoms with Gasteiger partial charge in [0.05, 0.1) is 0 Å². The molecule has 0 bridgehead atoms.